The van der Waals surface area contributed by atoms with Crippen molar-refractivity contribution in [2.75, 3.05) is 18.0 Å². The Balaban J connectivity index is 1.92. The van der Waals surface area contributed by atoms with Gasteiger partial charge in [-0.1, -0.05) is 32.9 Å². The number of benzene rings is 1. The summed E-state index contributed by atoms with van der Waals surface area (Å²) in [5.41, 5.74) is 3.10. The first-order chi connectivity index (χ1) is 10.2. The van der Waals surface area contributed by atoms with Crippen molar-refractivity contribution < 1.29 is 0 Å². The number of nitrogens with one attached hydrogen (secondary N) is 1. The average Bonchev–Trinajstić information content (AvgIpc) is 2.58. The maximum absolute atomic E-state index is 3.78. The SMILES string of the molecule is CCC(CC)(CC)NCc1ccc(N2CCCCC2)cc1. The monoisotopic (exact) mass is 288 g/mol. The molecule has 0 amide bonds. The smallest absolute Gasteiger partial charge is 0.0366 e. The lowest BCUT2D eigenvalue weighted by molar-refractivity contribution is 0.288. The summed E-state index contributed by atoms with van der Waals surface area (Å²) in [4.78, 5) is 2.52. The average molecular weight is 288 g/mol. The molecular formula is C19H32N2. The first kappa shape index (κ1) is 16.4. The number of rotatable bonds is 7. The fourth-order valence-corrected chi connectivity index (χ4v) is 3.39. The second-order valence-electron chi connectivity index (χ2n) is 6.41. The number of nitrogens with zero attached hydrogens (tertiary/aromatic N) is 1. The number of hydrogen-bond donors (Lipinski definition) is 1. The minimum Gasteiger partial charge on any atom is -0.372 e. The van der Waals surface area contributed by atoms with Crippen molar-refractivity contribution >= 4 is 5.69 Å². The highest BCUT2D eigenvalue weighted by molar-refractivity contribution is 5.47. The molecule has 2 nitrogen and oxygen atoms in total. The highest BCUT2D eigenvalue weighted by atomic mass is 15.1. The second-order valence-corrected chi connectivity index (χ2v) is 6.41. The molecule has 1 aliphatic rings. The van der Waals surface area contributed by atoms with Gasteiger partial charge in [0.25, 0.3) is 0 Å². The Labute approximate surface area is 130 Å². The van der Waals surface area contributed by atoms with E-state index in [-0.39, 0.29) is 0 Å². The van der Waals surface area contributed by atoms with Gasteiger partial charge in [-0.2, -0.15) is 0 Å². The Hall–Kier alpha value is -1.02. The van der Waals surface area contributed by atoms with Crippen LogP contribution in [0.4, 0.5) is 5.69 Å². The molecule has 1 aromatic rings. The maximum atomic E-state index is 3.78. The summed E-state index contributed by atoms with van der Waals surface area (Å²) in [6.45, 7) is 10.3. The molecule has 1 saturated heterocycles. The summed E-state index contributed by atoms with van der Waals surface area (Å²) < 4.78 is 0. The van der Waals surface area contributed by atoms with Crippen molar-refractivity contribution in [1.29, 1.82) is 0 Å². The van der Waals surface area contributed by atoms with Gasteiger partial charge in [0.2, 0.25) is 0 Å². The molecule has 1 N–H and O–H groups in total. The van der Waals surface area contributed by atoms with Crippen molar-refractivity contribution in [1.82, 2.24) is 5.32 Å². The van der Waals surface area contributed by atoms with Gasteiger partial charge in [-0.05, 0) is 56.2 Å². The molecule has 0 aliphatic carbocycles. The van der Waals surface area contributed by atoms with E-state index >= 15 is 0 Å². The van der Waals surface area contributed by atoms with E-state index in [1.165, 1.54) is 62.9 Å². The van der Waals surface area contributed by atoms with Crippen molar-refractivity contribution in [3.8, 4) is 0 Å². The highest BCUT2D eigenvalue weighted by Gasteiger charge is 2.22. The lowest BCUT2D eigenvalue weighted by Crippen LogP contribution is -2.43. The van der Waals surface area contributed by atoms with E-state index < -0.39 is 0 Å². The quantitative estimate of drug-likeness (QED) is 0.780. The number of piperidine rings is 1. The predicted octanol–water partition coefficient (Wildman–Crippen LogP) is 4.74. The third-order valence-corrected chi connectivity index (χ3v) is 5.36. The van der Waals surface area contributed by atoms with Gasteiger partial charge in [0.05, 0.1) is 0 Å². The van der Waals surface area contributed by atoms with Crippen LogP contribution in [0, 0.1) is 0 Å². The zero-order valence-electron chi connectivity index (χ0n) is 14.1. The van der Waals surface area contributed by atoms with Crippen LogP contribution in [-0.4, -0.2) is 18.6 Å². The highest BCUT2D eigenvalue weighted by Crippen LogP contribution is 2.22. The molecule has 1 fully saturated rings. The van der Waals surface area contributed by atoms with Gasteiger partial charge < -0.3 is 10.2 Å². The van der Waals surface area contributed by atoms with Crippen molar-refractivity contribution in [2.24, 2.45) is 0 Å². The molecule has 0 unspecified atom stereocenters. The summed E-state index contributed by atoms with van der Waals surface area (Å²) in [5, 5.41) is 3.78. The number of anilines is 1. The molecule has 1 aliphatic heterocycles. The zero-order chi connectivity index (χ0) is 15.1. The molecule has 0 radical (unpaired) electrons. The van der Waals surface area contributed by atoms with E-state index in [1.807, 2.05) is 0 Å². The molecule has 0 atom stereocenters. The van der Waals surface area contributed by atoms with Crippen LogP contribution >= 0.6 is 0 Å². The van der Waals surface area contributed by atoms with E-state index in [0.717, 1.165) is 6.54 Å². The molecule has 0 saturated carbocycles. The largest absolute Gasteiger partial charge is 0.372 e. The van der Waals surface area contributed by atoms with Gasteiger partial charge in [0.15, 0.2) is 0 Å². The summed E-state index contributed by atoms with van der Waals surface area (Å²) in [7, 11) is 0. The van der Waals surface area contributed by atoms with Crippen LogP contribution in [0.2, 0.25) is 0 Å². The third-order valence-electron chi connectivity index (χ3n) is 5.36. The fraction of sp³-hybridized carbons (Fsp3) is 0.684. The maximum Gasteiger partial charge on any atom is 0.0366 e. The molecule has 1 heterocycles. The fourth-order valence-electron chi connectivity index (χ4n) is 3.39. The van der Waals surface area contributed by atoms with E-state index in [4.69, 9.17) is 0 Å². The van der Waals surface area contributed by atoms with Crippen LogP contribution < -0.4 is 10.2 Å². The van der Waals surface area contributed by atoms with Crippen LogP contribution in [0.25, 0.3) is 0 Å². The molecule has 0 spiro atoms. The van der Waals surface area contributed by atoms with E-state index in [9.17, 15) is 0 Å². The minimum absolute atomic E-state index is 0.311. The van der Waals surface area contributed by atoms with Crippen LogP contribution in [-0.2, 0) is 6.54 Å². The molecule has 118 valence electrons. The summed E-state index contributed by atoms with van der Waals surface area (Å²) >= 11 is 0. The third kappa shape index (κ3) is 4.23. The molecular weight excluding hydrogens is 256 g/mol. The van der Waals surface area contributed by atoms with Crippen LogP contribution in [0.1, 0.15) is 64.9 Å². The van der Waals surface area contributed by atoms with Gasteiger partial charge in [-0.25, -0.2) is 0 Å². The normalized spacial score (nSPS) is 16.2. The molecule has 21 heavy (non-hydrogen) atoms. The Morgan fingerprint density at radius 2 is 1.48 bits per heavy atom. The predicted molar refractivity (Wildman–Crippen MR) is 92.9 cm³/mol. The lowest BCUT2D eigenvalue weighted by Gasteiger charge is -2.32. The van der Waals surface area contributed by atoms with E-state index in [0.29, 0.717) is 5.54 Å². The topological polar surface area (TPSA) is 15.3 Å². The van der Waals surface area contributed by atoms with Crippen LogP contribution in [0.15, 0.2) is 24.3 Å². The Morgan fingerprint density at radius 3 is 2.00 bits per heavy atom. The van der Waals surface area contributed by atoms with Crippen molar-refractivity contribution in [3.63, 3.8) is 0 Å². The Kier molecular flexibility index (Phi) is 6.10. The molecule has 2 rings (SSSR count). The van der Waals surface area contributed by atoms with Crippen LogP contribution in [0.3, 0.4) is 0 Å². The summed E-state index contributed by atoms with van der Waals surface area (Å²) in [6, 6.07) is 9.19. The summed E-state index contributed by atoms with van der Waals surface area (Å²) in [6.07, 6.45) is 7.68. The van der Waals surface area contributed by atoms with E-state index in [2.05, 4.69) is 55.3 Å². The van der Waals surface area contributed by atoms with Gasteiger partial charge in [0, 0.05) is 30.9 Å². The standard InChI is InChI=1S/C19H32N2/c1-4-19(5-2,6-3)20-16-17-10-12-18(13-11-17)21-14-8-7-9-15-21/h10-13,20H,4-9,14-16H2,1-3H3. The first-order valence-electron chi connectivity index (χ1n) is 8.82. The molecule has 0 bridgehead atoms. The zero-order valence-corrected chi connectivity index (χ0v) is 14.1. The van der Waals surface area contributed by atoms with E-state index in [1.54, 1.807) is 0 Å². The molecule has 0 aromatic heterocycles. The van der Waals surface area contributed by atoms with Crippen LogP contribution in [0.5, 0.6) is 0 Å². The van der Waals surface area contributed by atoms with Gasteiger partial charge in [0.1, 0.15) is 0 Å². The summed E-state index contributed by atoms with van der Waals surface area (Å²) in [5.74, 6) is 0. The Morgan fingerprint density at radius 1 is 0.905 bits per heavy atom. The first-order valence-corrected chi connectivity index (χ1v) is 8.82. The molecule has 2 heteroatoms. The number of hydrogen-bond acceptors (Lipinski definition) is 2. The lowest BCUT2D eigenvalue weighted by atomic mass is 9.89. The van der Waals surface area contributed by atoms with Gasteiger partial charge in [-0.15, -0.1) is 0 Å². The van der Waals surface area contributed by atoms with Crippen molar-refractivity contribution in [2.45, 2.75) is 71.4 Å². The molecule has 1 aromatic carbocycles. The Bertz CT molecular complexity index is 392. The van der Waals surface area contributed by atoms with Crippen molar-refractivity contribution in [3.05, 3.63) is 29.8 Å². The van der Waals surface area contributed by atoms with Gasteiger partial charge >= 0.3 is 0 Å². The minimum atomic E-state index is 0.311. The second kappa shape index (κ2) is 7.84. The van der Waals surface area contributed by atoms with Gasteiger partial charge in [-0.3, -0.25) is 0 Å².